The first-order chi connectivity index (χ1) is 23.8. The predicted molar refractivity (Wildman–Crippen MR) is 205 cm³/mol. The maximum Gasteiger partial charge on any atom is 0.235 e. The van der Waals surface area contributed by atoms with Crippen LogP contribution in [0.1, 0.15) is 0 Å². The van der Waals surface area contributed by atoms with Crippen LogP contribution < -0.4 is 0 Å². The molecule has 3 heterocycles. The molecule has 11 aromatic rings. The molecule has 0 amide bonds. The summed E-state index contributed by atoms with van der Waals surface area (Å²) < 4.78 is 4.95. The Kier molecular flexibility index (Phi) is 5.26. The predicted octanol–water partition coefficient (Wildman–Crippen LogP) is 12.2. The van der Waals surface area contributed by atoms with Gasteiger partial charge in [-0.3, -0.25) is 4.57 Å². The molecule has 0 aliphatic carbocycles. The fourth-order valence-electron chi connectivity index (χ4n) is 7.91. The number of para-hydroxylation sites is 1. The van der Waals surface area contributed by atoms with Gasteiger partial charge in [-0.15, -0.1) is 11.3 Å². The second-order valence-electron chi connectivity index (χ2n) is 12.5. The van der Waals surface area contributed by atoms with Crippen molar-refractivity contribution in [2.45, 2.75) is 0 Å². The summed E-state index contributed by atoms with van der Waals surface area (Å²) in [6, 6.07) is 54.4. The van der Waals surface area contributed by atoms with E-state index in [1.165, 1.54) is 57.9 Å². The Morgan fingerprint density at radius 2 is 1.08 bits per heavy atom. The van der Waals surface area contributed by atoms with Crippen LogP contribution in [-0.2, 0) is 0 Å². The van der Waals surface area contributed by atoms with Crippen LogP contribution in [0.4, 0.5) is 0 Å². The summed E-state index contributed by atoms with van der Waals surface area (Å²) in [7, 11) is 0. The maximum atomic E-state index is 5.47. The Bertz CT molecular complexity index is 3120. The fraction of sp³-hybridized carbons (Fsp3) is 0. The lowest BCUT2D eigenvalue weighted by Gasteiger charge is -2.14. The molecule has 0 radical (unpaired) electrons. The molecule has 3 nitrogen and oxygen atoms in total. The molecule has 3 aromatic heterocycles. The van der Waals surface area contributed by atoms with Gasteiger partial charge in [-0.25, -0.2) is 9.97 Å². The summed E-state index contributed by atoms with van der Waals surface area (Å²) >= 11 is 1.90. The number of hydrogen-bond donors (Lipinski definition) is 0. The molecule has 0 aliphatic heterocycles. The molecule has 0 aliphatic rings. The number of aromatic nitrogens is 3. The van der Waals surface area contributed by atoms with Crippen molar-refractivity contribution in [1.82, 2.24) is 14.5 Å². The maximum absolute atomic E-state index is 5.47. The van der Waals surface area contributed by atoms with E-state index in [4.69, 9.17) is 9.97 Å². The van der Waals surface area contributed by atoms with Gasteiger partial charge in [0.1, 0.15) is 0 Å². The lowest BCUT2D eigenvalue weighted by molar-refractivity contribution is 1.02. The zero-order chi connectivity index (χ0) is 31.3. The van der Waals surface area contributed by atoms with E-state index in [9.17, 15) is 0 Å². The van der Waals surface area contributed by atoms with E-state index in [1.807, 2.05) is 11.3 Å². The van der Waals surface area contributed by atoms with Crippen LogP contribution in [0.25, 0.3) is 102 Å². The van der Waals surface area contributed by atoms with Gasteiger partial charge >= 0.3 is 0 Å². The minimum absolute atomic E-state index is 0.679. The van der Waals surface area contributed by atoms with Crippen LogP contribution in [-0.4, -0.2) is 14.5 Å². The van der Waals surface area contributed by atoms with E-state index in [-0.39, 0.29) is 0 Å². The van der Waals surface area contributed by atoms with Gasteiger partial charge < -0.3 is 0 Å². The summed E-state index contributed by atoms with van der Waals surface area (Å²) in [5, 5.41) is 13.4. The third-order valence-corrected chi connectivity index (χ3v) is 11.1. The van der Waals surface area contributed by atoms with Crippen molar-refractivity contribution < 1.29 is 0 Å². The average Bonchev–Trinajstić information content (AvgIpc) is 3.72. The molecule has 8 aromatic carbocycles. The van der Waals surface area contributed by atoms with Gasteiger partial charge in [0, 0.05) is 58.1 Å². The van der Waals surface area contributed by atoms with Crippen LogP contribution in [0.3, 0.4) is 0 Å². The van der Waals surface area contributed by atoms with Crippen LogP contribution in [0.15, 0.2) is 152 Å². The van der Waals surface area contributed by atoms with Crippen molar-refractivity contribution in [3.63, 3.8) is 0 Å². The van der Waals surface area contributed by atoms with E-state index < -0.39 is 0 Å². The Hall–Kier alpha value is -6.10. The number of benzene rings is 8. The Labute approximate surface area is 278 Å². The van der Waals surface area contributed by atoms with Crippen molar-refractivity contribution >= 4 is 96.5 Å². The highest BCUT2D eigenvalue weighted by Gasteiger charge is 2.24. The van der Waals surface area contributed by atoms with Gasteiger partial charge in [0.05, 0.1) is 22.2 Å². The molecule has 0 atom stereocenters. The molecule has 0 spiro atoms. The first kappa shape index (κ1) is 26.0. The monoisotopic (exact) mass is 627 g/mol. The quantitative estimate of drug-likeness (QED) is 0.179. The molecule has 0 bridgehead atoms. The fourth-order valence-corrected chi connectivity index (χ4v) is 9.17. The lowest BCUT2D eigenvalue weighted by Crippen LogP contribution is -2.04. The Morgan fingerprint density at radius 1 is 0.438 bits per heavy atom. The van der Waals surface area contributed by atoms with Gasteiger partial charge in [-0.2, -0.15) is 0 Å². The first-order valence-electron chi connectivity index (χ1n) is 16.3. The van der Waals surface area contributed by atoms with E-state index in [0.717, 1.165) is 38.6 Å². The van der Waals surface area contributed by atoms with E-state index in [0.29, 0.717) is 5.95 Å². The molecule has 0 N–H and O–H groups in total. The van der Waals surface area contributed by atoms with Crippen molar-refractivity contribution in [1.29, 1.82) is 0 Å². The summed E-state index contributed by atoms with van der Waals surface area (Å²) in [6.07, 6.45) is 0. The zero-order valence-corrected chi connectivity index (χ0v) is 26.5. The summed E-state index contributed by atoms with van der Waals surface area (Å²) in [6.45, 7) is 0. The van der Waals surface area contributed by atoms with Crippen molar-refractivity contribution in [2.75, 3.05) is 0 Å². The topological polar surface area (TPSA) is 30.7 Å². The smallest absolute Gasteiger partial charge is 0.235 e. The number of hydrogen-bond acceptors (Lipinski definition) is 3. The van der Waals surface area contributed by atoms with Gasteiger partial charge in [0.2, 0.25) is 5.95 Å². The zero-order valence-electron chi connectivity index (χ0n) is 25.7. The molecule has 48 heavy (non-hydrogen) atoms. The molecular formula is C44H25N3S. The van der Waals surface area contributed by atoms with Crippen LogP contribution in [0.2, 0.25) is 0 Å². The molecule has 0 saturated carbocycles. The van der Waals surface area contributed by atoms with Crippen molar-refractivity contribution in [2.24, 2.45) is 0 Å². The number of nitrogens with zero attached hydrogens (tertiary/aromatic N) is 3. The van der Waals surface area contributed by atoms with E-state index >= 15 is 0 Å². The van der Waals surface area contributed by atoms with Crippen LogP contribution in [0, 0.1) is 0 Å². The SMILES string of the molecule is c1ccc(-c2nc(-n3c4ccccc4c4c5c(sc6ccc7ccccc7c65)c5ccccc5c43)nc3c2ccc2ccccc23)cc1. The highest BCUT2D eigenvalue weighted by molar-refractivity contribution is 7.27. The van der Waals surface area contributed by atoms with Crippen molar-refractivity contribution in [3.05, 3.63) is 152 Å². The molecule has 0 saturated heterocycles. The standard InChI is InChI=1S/C44H25N3S/c1-2-14-28(15-3-1)40-34-24-22-27-13-5-7-17-30(27)41(34)46-44(45-40)47-35-21-11-10-20-33(35)38-39-37-29-16-6-4-12-26(29)23-25-36(37)48-43(39)32-19-9-8-18-31(32)42(38)47/h1-25H. The molecule has 0 fully saturated rings. The number of rotatable bonds is 2. The summed E-state index contributed by atoms with van der Waals surface area (Å²) in [4.78, 5) is 10.9. The van der Waals surface area contributed by atoms with Gasteiger partial charge in [0.25, 0.3) is 0 Å². The number of fused-ring (bicyclic) bond motifs is 15. The van der Waals surface area contributed by atoms with Crippen molar-refractivity contribution in [3.8, 4) is 17.2 Å². The Morgan fingerprint density at radius 3 is 1.92 bits per heavy atom. The second kappa shape index (κ2) is 9.71. The molecule has 222 valence electrons. The van der Waals surface area contributed by atoms with E-state index in [2.05, 4.69) is 156 Å². The summed E-state index contributed by atoms with van der Waals surface area (Å²) in [5.41, 5.74) is 5.21. The minimum Gasteiger partial charge on any atom is -0.277 e. The second-order valence-corrected chi connectivity index (χ2v) is 13.6. The average molecular weight is 628 g/mol. The molecular weight excluding hydrogens is 603 g/mol. The largest absolute Gasteiger partial charge is 0.277 e. The summed E-state index contributed by atoms with van der Waals surface area (Å²) in [5.74, 6) is 0.679. The number of thiophene rings is 1. The van der Waals surface area contributed by atoms with Gasteiger partial charge in [0.15, 0.2) is 0 Å². The molecule has 0 unspecified atom stereocenters. The van der Waals surface area contributed by atoms with Crippen LogP contribution >= 0.6 is 11.3 Å². The van der Waals surface area contributed by atoms with Crippen LogP contribution in [0.5, 0.6) is 0 Å². The Balaban J connectivity index is 1.40. The third kappa shape index (κ3) is 3.47. The van der Waals surface area contributed by atoms with Gasteiger partial charge in [-0.05, 0) is 34.4 Å². The minimum atomic E-state index is 0.679. The normalized spacial score (nSPS) is 12.2. The highest BCUT2D eigenvalue weighted by Crippen LogP contribution is 2.49. The van der Waals surface area contributed by atoms with Gasteiger partial charge in [-0.1, -0.05) is 133 Å². The molecule has 4 heteroatoms. The van der Waals surface area contributed by atoms with E-state index in [1.54, 1.807) is 0 Å². The first-order valence-corrected chi connectivity index (χ1v) is 17.1. The highest BCUT2D eigenvalue weighted by atomic mass is 32.1. The third-order valence-electron chi connectivity index (χ3n) is 9.96. The lowest BCUT2D eigenvalue weighted by atomic mass is 9.97. The molecule has 11 rings (SSSR count).